The van der Waals surface area contributed by atoms with E-state index in [4.69, 9.17) is 0 Å². The summed E-state index contributed by atoms with van der Waals surface area (Å²) in [5.41, 5.74) is 7.63. The molecular formula is C20H19NO. The number of aliphatic hydroxyl groups excluding tert-OH is 1. The van der Waals surface area contributed by atoms with Crippen LogP contribution in [0.5, 0.6) is 0 Å². The van der Waals surface area contributed by atoms with E-state index in [2.05, 4.69) is 49.2 Å². The van der Waals surface area contributed by atoms with E-state index >= 15 is 0 Å². The molecule has 0 fully saturated rings. The fourth-order valence-electron chi connectivity index (χ4n) is 2.82. The van der Waals surface area contributed by atoms with Crippen molar-refractivity contribution in [1.29, 1.82) is 0 Å². The smallest absolute Gasteiger partial charge is 0.0859 e. The van der Waals surface area contributed by atoms with Crippen molar-refractivity contribution in [2.75, 3.05) is 0 Å². The van der Waals surface area contributed by atoms with E-state index in [1.165, 1.54) is 16.7 Å². The number of nitrogens with zero attached hydrogens (tertiary/aromatic N) is 1. The topological polar surface area (TPSA) is 33.1 Å². The highest BCUT2D eigenvalue weighted by molar-refractivity contribution is 5.86. The van der Waals surface area contributed by atoms with E-state index in [1.54, 1.807) is 6.20 Å². The van der Waals surface area contributed by atoms with Gasteiger partial charge in [0.2, 0.25) is 0 Å². The fourth-order valence-corrected chi connectivity index (χ4v) is 2.82. The Kier molecular flexibility index (Phi) is 4.03. The van der Waals surface area contributed by atoms with Gasteiger partial charge in [0, 0.05) is 11.8 Å². The zero-order chi connectivity index (χ0) is 15.5. The Morgan fingerprint density at radius 3 is 2.36 bits per heavy atom. The summed E-state index contributed by atoms with van der Waals surface area (Å²) in [5, 5.41) is 9.71. The second-order valence-corrected chi connectivity index (χ2v) is 5.45. The first kappa shape index (κ1) is 14.5. The molecule has 0 saturated heterocycles. The van der Waals surface area contributed by atoms with Crippen molar-refractivity contribution in [2.24, 2.45) is 0 Å². The molecule has 0 unspecified atom stereocenters. The van der Waals surface area contributed by atoms with Gasteiger partial charge in [-0.1, -0.05) is 48.5 Å². The number of aromatic nitrogens is 1. The molecule has 0 radical (unpaired) electrons. The van der Waals surface area contributed by atoms with Crippen molar-refractivity contribution in [1.82, 2.24) is 4.98 Å². The van der Waals surface area contributed by atoms with E-state index < -0.39 is 0 Å². The molecule has 2 heteroatoms. The summed E-state index contributed by atoms with van der Waals surface area (Å²) in [5.74, 6) is 0. The van der Waals surface area contributed by atoms with E-state index in [-0.39, 0.29) is 6.61 Å². The standard InChI is InChI=1S/C20H19NO/c1-14-7-6-10-17(15(14)2)18-11-12-21-19(13-22)20(18)16-8-4-3-5-9-16/h3-12,22H,13H2,1-2H3. The number of benzene rings is 2. The molecule has 1 aromatic heterocycles. The summed E-state index contributed by atoms with van der Waals surface area (Å²) in [6.07, 6.45) is 1.77. The Bertz CT molecular complexity index is 794. The highest BCUT2D eigenvalue weighted by atomic mass is 16.3. The van der Waals surface area contributed by atoms with Gasteiger partial charge in [0.25, 0.3) is 0 Å². The molecule has 110 valence electrons. The van der Waals surface area contributed by atoms with Gasteiger partial charge >= 0.3 is 0 Å². The third kappa shape index (κ3) is 2.53. The van der Waals surface area contributed by atoms with Gasteiger partial charge in [-0.3, -0.25) is 4.98 Å². The first-order valence-corrected chi connectivity index (χ1v) is 7.43. The lowest BCUT2D eigenvalue weighted by Gasteiger charge is -2.16. The monoisotopic (exact) mass is 289 g/mol. The summed E-state index contributed by atoms with van der Waals surface area (Å²) in [6, 6.07) is 18.5. The van der Waals surface area contributed by atoms with Crippen LogP contribution in [-0.2, 0) is 6.61 Å². The molecule has 0 aliphatic rings. The summed E-state index contributed by atoms with van der Waals surface area (Å²) < 4.78 is 0. The molecule has 0 aliphatic heterocycles. The van der Waals surface area contributed by atoms with Gasteiger partial charge in [0.05, 0.1) is 12.3 Å². The molecule has 22 heavy (non-hydrogen) atoms. The molecule has 1 heterocycles. The van der Waals surface area contributed by atoms with Gasteiger partial charge in [-0.05, 0) is 47.7 Å². The predicted octanol–water partition coefficient (Wildman–Crippen LogP) is 4.52. The molecule has 0 saturated carbocycles. The molecule has 2 aromatic carbocycles. The average molecular weight is 289 g/mol. The number of aliphatic hydroxyl groups is 1. The lowest BCUT2D eigenvalue weighted by molar-refractivity contribution is 0.277. The van der Waals surface area contributed by atoms with Crippen LogP contribution >= 0.6 is 0 Å². The second-order valence-electron chi connectivity index (χ2n) is 5.45. The largest absolute Gasteiger partial charge is 0.390 e. The Labute approximate surface area is 131 Å². The lowest BCUT2D eigenvalue weighted by Crippen LogP contribution is -1.98. The van der Waals surface area contributed by atoms with Crippen LogP contribution in [0.15, 0.2) is 60.8 Å². The molecule has 0 aliphatic carbocycles. The minimum Gasteiger partial charge on any atom is -0.390 e. The number of aryl methyl sites for hydroxylation is 1. The van der Waals surface area contributed by atoms with Crippen molar-refractivity contribution in [3.8, 4) is 22.3 Å². The fraction of sp³-hybridized carbons (Fsp3) is 0.150. The number of hydrogen-bond donors (Lipinski definition) is 1. The zero-order valence-corrected chi connectivity index (χ0v) is 12.9. The number of hydrogen-bond acceptors (Lipinski definition) is 2. The molecule has 3 aromatic rings. The van der Waals surface area contributed by atoms with Crippen LogP contribution < -0.4 is 0 Å². The van der Waals surface area contributed by atoms with Crippen LogP contribution in [-0.4, -0.2) is 10.1 Å². The Hall–Kier alpha value is -2.45. The van der Waals surface area contributed by atoms with Gasteiger partial charge in [0.15, 0.2) is 0 Å². The van der Waals surface area contributed by atoms with Gasteiger partial charge in [0.1, 0.15) is 0 Å². The SMILES string of the molecule is Cc1cccc(-c2ccnc(CO)c2-c2ccccc2)c1C. The quantitative estimate of drug-likeness (QED) is 0.768. The van der Waals surface area contributed by atoms with Crippen LogP contribution in [0.4, 0.5) is 0 Å². The minimum absolute atomic E-state index is 0.0665. The Morgan fingerprint density at radius 2 is 1.64 bits per heavy atom. The summed E-state index contributed by atoms with van der Waals surface area (Å²) in [6.45, 7) is 4.19. The third-order valence-electron chi connectivity index (χ3n) is 4.14. The molecular weight excluding hydrogens is 270 g/mol. The minimum atomic E-state index is -0.0665. The summed E-state index contributed by atoms with van der Waals surface area (Å²) >= 11 is 0. The van der Waals surface area contributed by atoms with Crippen molar-refractivity contribution in [3.63, 3.8) is 0 Å². The maximum absolute atomic E-state index is 9.71. The van der Waals surface area contributed by atoms with Gasteiger partial charge in [-0.25, -0.2) is 0 Å². The van der Waals surface area contributed by atoms with Gasteiger partial charge < -0.3 is 5.11 Å². The van der Waals surface area contributed by atoms with Crippen molar-refractivity contribution in [2.45, 2.75) is 20.5 Å². The Balaban J connectivity index is 2.31. The molecule has 0 atom stereocenters. The third-order valence-corrected chi connectivity index (χ3v) is 4.14. The van der Waals surface area contributed by atoms with Crippen molar-refractivity contribution >= 4 is 0 Å². The van der Waals surface area contributed by atoms with Crippen LogP contribution in [0.2, 0.25) is 0 Å². The average Bonchev–Trinajstić information content (AvgIpc) is 2.57. The van der Waals surface area contributed by atoms with Crippen LogP contribution in [0.1, 0.15) is 16.8 Å². The second kappa shape index (κ2) is 6.12. The zero-order valence-electron chi connectivity index (χ0n) is 12.9. The van der Waals surface area contributed by atoms with E-state index in [0.717, 1.165) is 16.7 Å². The van der Waals surface area contributed by atoms with Crippen LogP contribution in [0.3, 0.4) is 0 Å². The summed E-state index contributed by atoms with van der Waals surface area (Å²) in [7, 11) is 0. The number of pyridine rings is 1. The van der Waals surface area contributed by atoms with Crippen LogP contribution in [0, 0.1) is 13.8 Å². The number of rotatable bonds is 3. The predicted molar refractivity (Wildman–Crippen MR) is 90.5 cm³/mol. The molecule has 0 amide bonds. The van der Waals surface area contributed by atoms with E-state index in [1.807, 2.05) is 24.3 Å². The molecule has 0 bridgehead atoms. The van der Waals surface area contributed by atoms with E-state index in [9.17, 15) is 5.11 Å². The molecule has 3 rings (SSSR count). The molecule has 2 nitrogen and oxygen atoms in total. The normalized spacial score (nSPS) is 10.7. The molecule has 0 spiro atoms. The highest BCUT2D eigenvalue weighted by Gasteiger charge is 2.14. The Morgan fingerprint density at radius 1 is 0.864 bits per heavy atom. The van der Waals surface area contributed by atoms with Crippen LogP contribution in [0.25, 0.3) is 22.3 Å². The first-order valence-electron chi connectivity index (χ1n) is 7.43. The maximum Gasteiger partial charge on any atom is 0.0859 e. The lowest BCUT2D eigenvalue weighted by atomic mass is 9.90. The summed E-state index contributed by atoms with van der Waals surface area (Å²) in [4.78, 5) is 4.36. The highest BCUT2D eigenvalue weighted by Crippen LogP contribution is 2.36. The van der Waals surface area contributed by atoms with Crippen molar-refractivity contribution in [3.05, 3.63) is 77.6 Å². The first-order chi connectivity index (χ1) is 10.7. The van der Waals surface area contributed by atoms with Gasteiger partial charge in [-0.2, -0.15) is 0 Å². The van der Waals surface area contributed by atoms with Gasteiger partial charge in [-0.15, -0.1) is 0 Å². The van der Waals surface area contributed by atoms with Crippen molar-refractivity contribution < 1.29 is 5.11 Å². The van der Waals surface area contributed by atoms with E-state index in [0.29, 0.717) is 5.69 Å². The maximum atomic E-state index is 9.71. The molecule has 1 N–H and O–H groups in total.